The third-order valence-corrected chi connectivity index (χ3v) is 3.77. The van der Waals surface area contributed by atoms with Gasteiger partial charge < -0.3 is 0 Å². The van der Waals surface area contributed by atoms with E-state index in [1.165, 1.54) is 0 Å². The average Bonchev–Trinajstić information content (AvgIpc) is 2.51. The molecule has 18 heavy (non-hydrogen) atoms. The van der Waals surface area contributed by atoms with Crippen LogP contribution in [0.1, 0.15) is 40.5 Å². The minimum Gasteiger partial charge on any atom is -0.294 e. The molecule has 0 aromatic heterocycles. The highest BCUT2D eigenvalue weighted by atomic mass is 16.1. The van der Waals surface area contributed by atoms with Crippen molar-refractivity contribution in [2.24, 2.45) is 5.92 Å². The fourth-order valence-electron chi connectivity index (χ4n) is 2.75. The van der Waals surface area contributed by atoms with Crippen LogP contribution in [0.15, 0.2) is 36.4 Å². The van der Waals surface area contributed by atoms with Gasteiger partial charge in [0.25, 0.3) is 0 Å². The van der Waals surface area contributed by atoms with Gasteiger partial charge in [0.15, 0.2) is 11.6 Å². The molecule has 1 aliphatic carbocycles. The van der Waals surface area contributed by atoms with Crippen molar-refractivity contribution in [1.82, 2.24) is 0 Å². The first-order chi connectivity index (χ1) is 8.72. The van der Waals surface area contributed by atoms with Gasteiger partial charge in [0.05, 0.1) is 0 Å². The smallest absolute Gasteiger partial charge is 0.167 e. The summed E-state index contributed by atoms with van der Waals surface area (Å²) in [5.41, 5.74) is 1.41. The summed E-state index contributed by atoms with van der Waals surface area (Å²) in [6.45, 7) is 1.96. The average molecular weight is 238 g/mol. The maximum atomic E-state index is 12.4. The Kier molecular flexibility index (Phi) is 2.51. The lowest BCUT2D eigenvalue weighted by Gasteiger charge is -2.09. The minimum atomic E-state index is -0.171. The van der Waals surface area contributed by atoms with E-state index in [4.69, 9.17) is 0 Å². The second-order valence-electron chi connectivity index (χ2n) is 4.81. The van der Waals surface area contributed by atoms with Gasteiger partial charge in [0, 0.05) is 28.9 Å². The highest BCUT2D eigenvalue weighted by molar-refractivity contribution is 6.20. The number of benzene rings is 2. The van der Waals surface area contributed by atoms with Gasteiger partial charge >= 0.3 is 0 Å². The van der Waals surface area contributed by atoms with Crippen LogP contribution in [-0.4, -0.2) is 11.6 Å². The number of rotatable bonds is 1. The van der Waals surface area contributed by atoms with Crippen LogP contribution in [0.4, 0.5) is 0 Å². The van der Waals surface area contributed by atoms with Crippen molar-refractivity contribution in [1.29, 1.82) is 0 Å². The molecule has 2 heteroatoms. The predicted octanol–water partition coefficient (Wildman–Crippen LogP) is 3.64. The summed E-state index contributed by atoms with van der Waals surface area (Å²) < 4.78 is 0. The van der Waals surface area contributed by atoms with Crippen LogP contribution in [-0.2, 0) is 0 Å². The Morgan fingerprint density at radius 2 is 1.72 bits per heavy atom. The van der Waals surface area contributed by atoms with Gasteiger partial charge in [0.2, 0.25) is 0 Å². The Morgan fingerprint density at radius 3 is 2.39 bits per heavy atom. The van der Waals surface area contributed by atoms with Crippen LogP contribution in [0, 0.1) is 5.92 Å². The van der Waals surface area contributed by atoms with Crippen molar-refractivity contribution in [2.75, 3.05) is 0 Å². The molecule has 0 spiro atoms. The number of hydrogen-bond acceptors (Lipinski definition) is 2. The topological polar surface area (TPSA) is 34.1 Å². The molecule has 2 aromatic carbocycles. The molecule has 90 valence electrons. The predicted molar refractivity (Wildman–Crippen MR) is 71.0 cm³/mol. The molecule has 0 fully saturated rings. The van der Waals surface area contributed by atoms with Gasteiger partial charge in [-0.1, -0.05) is 43.3 Å². The molecule has 0 N–H and O–H groups in total. The van der Waals surface area contributed by atoms with E-state index in [2.05, 4.69) is 0 Å². The van der Waals surface area contributed by atoms with Gasteiger partial charge in [-0.3, -0.25) is 9.59 Å². The highest BCUT2D eigenvalue weighted by Crippen LogP contribution is 2.32. The quantitative estimate of drug-likeness (QED) is 0.760. The molecule has 0 heterocycles. The maximum Gasteiger partial charge on any atom is 0.167 e. The van der Waals surface area contributed by atoms with Crippen molar-refractivity contribution < 1.29 is 9.59 Å². The van der Waals surface area contributed by atoms with Crippen molar-refractivity contribution in [2.45, 2.75) is 19.8 Å². The third kappa shape index (κ3) is 1.49. The van der Waals surface area contributed by atoms with Crippen molar-refractivity contribution in [3.05, 3.63) is 47.5 Å². The Balaban J connectivity index is 2.39. The van der Waals surface area contributed by atoms with E-state index in [0.29, 0.717) is 17.5 Å². The Labute approximate surface area is 106 Å². The first-order valence-electron chi connectivity index (χ1n) is 6.31. The number of hydrogen-bond donors (Lipinski definition) is 0. The lowest BCUT2D eigenvalue weighted by molar-refractivity contribution is 0.0856. The molecular weight excluding hydrogens is 224 g/mol. The van der Waals surface area contributed by atoms with E-state index >= 15 is 0 Å². The highest BCUT2D eigenvalue weighted by Gasteiger charge is 2.28. The Bertz CT molecular complexity index is 650. The number of ketones is 2. The molecule has 0 amide bonds. The summed E-state index contributed by atoms with van der Waals surface area (Å²) >= 11 is 0. The van der Waals surface area contributed by atoms with Gasteiger partial charge in [-0.15, -0.1) is 0 Å². The Hall–Kier alpha value is -1.96. The Morgan fingerprint density at radius 1 is 1.06 bits per heavy atom. The molecule has 1 unspecified atom stereocenters. The first-order valence-corrected chi connectivity index (χ1v) is 6.31. The van der Waals surface area contributed by atoms with Crippen molar-refractivity contribution in [3.8, 4) is 0 Å². The molecule has 2 nitrogen and oxygen atoms in total. The SMILES string of the molecule is CCC1CC(=O)c2cccc3cccc(c23)C1=O. The molecule has 0 aliphatic heterocycles. The second-order valence-corrected chi connectivity index (χ2v) is 4.81. The molecule has 1 atom stereocenters. The molecule has 0 radical (unpaired) electrons. The molecule has 1 aliphatic rings. The summed E-state index contributed by atoms with van der Waals surface area (Å²) in [4.78, 5) is 24.7. The van der Waals surface area contributed by atoms with E-state index in [-0.39, 0.29) is 17.5 Å². The number of Topliss-reactive ketones (excluding diaryl/α,β-unsaturated/α-hetero) is 2. The molecule has 3 rings (SSSR count). The van der Waals surface area contributed by atoms with Crippen molar-refractivity contribution >= 4 is 22.3 Å². The van der Waals surface area contributed by atoms with E-state index in [0.717, 1.165) is 17.2 Å². The number of carbonyl (C=O) groups excluding carboxylic acids is 2. The third-order valence-electron chi connectivity index (χ3n) is 3.77. The van der Waals surface area contributed by atoms with Crippen LogP contribution in [0.25, 0.3) is 10.8 Å². The van der Waals surface area contributed by atoms with Gasteiger partial charge in [-0.05, 0) is 11.8 Å². The molecule has 0 saturated carbocycles. The van der Waals surface area contributed by atoms with Crippen LogP contribution < -0.4 is 0 Å². The standard InChI is InChI=1S/C16H14O2/c1-2-10-9-14(17)12-7-3-5-11-6-4-8-13(15(11)12)16(10)18/h3-8,10H,2,9H2,1H3. The van der Waals surface area contributed by atoms with E-state index < -0.39 is 0 Å². The van der Waals surface area contributed by atoms with Gasteiger partial charge in [-0.25, -0.2) is 0 Å². The first kappa shape index (κ1) is 11.1. The summed E-state index contributed by atoms with van der Waals surface area (Å²) in [7, 11) is 0. The van der Waals surface area contributed by atoms with Crippen LogP contribution >= 0.6 is 0 Å². The van der Waals surface area contributed by atoms with Crippen LogP contribution in [0.5, 0.6) is 0 Å². The van der Waals surface area contributed by atoms with Gasteiger partial charge in [-0.2, -0.15) is 0 Å². The lowest BCUT2D eigenvalue weighted by Crippen LogP contribution is -2.15. The fourth-order valence-corrected chi connectivity index (χ4v) is 2.75. The molecule has 0 bridgehead atoms. The van der Waals surface area contributed by atoms with Crippen LogP contribution in [0.3, 0.4) is 0 Å². The van der Waals surface area contributed by atoms with E-state index in [1.54, 1.807) is 0 Å². The summed E-state index contributed by atoms with van der Waals surface area (Å²) in [5, 5.41) is 1.81. The zero-order valence-corrected chi connectivity index (χ0v) is 10.3. The van der Waals surface area contributed by atoms with E-state index in [1.807, 2.05) is 43.3 Å². The largest absolute Gasteiger partial charge is 0.294 e. The minimum absolute atomic E-state index is 0.0887. The molecular formula is C16H14O2. The zero-order chi connectivity index (χ0) is 12.7. The van der Waals surface area contributed by atoms with Crippen LogP contribution in [0.2, 0.25) is 0 Å². The molecule has 0 saturated heterocycles. The van der Waals surface area contributed by atoms with Gasteiger partial charge in [0.1, 0.15) is 0 Å². The number of carbonyl (C=O) groups is 2. The maximum absolute atomic E-state index is 12.4. The lowest BCUT2D eigenvalue weighted by atomic mass is 9.92. The normalized spacial score (nSPS) is 19.1. The monoisotopic (exact) mass is 238 g/mol. The summed E-state index contributed by atoms with van der Waals surface area (Å²) in [6, 6.07) is 11.4. The van der Waals surface area contributed by atoms with E-state index in [9.17, 15) is 9.59 Å². The fraction of sp³-hybridized carbons (Fsp3) is 0.250. The van der Waals surface area contributed by atoms with Crippen molar-refractivity contribution in [3.63, 3.8) is 0 Å². The molecule has 2 aromatic rings. The zero-order valence-electron chi connectivity index (χ0n) is 10.3. The second kappa shape index (κ2) is 4.05. The summed E-state index contributed by atoms with van der Waals surface area (Å²) in [5.74, 6) is 0.0302. The summed E-state index contributed by atoms with van der Waals surface area (Å²) in [6.07, 6.45) is 1.05.